The molecule has 0 unspecified atom stereocenters. The number of rotatable bonds is 2. The van der Waals surface area contributed by atoms with E-state index < -0.39 is 0 Å². The first-order chi connectivity index (χ1) is 3.68. The molecular formula is C5H13Cl2NOS. The predicted molar refractivity (Wildman–Crippen MR) is 52.4 cm³/mol. The molecule has 0 fully saturated rings. The summed E-state index contributed by atoms with van der Waals surface area (Å²) in [6, 6.07) is -0.120. The molecule has 5 heteroatoms. The maximum absolute atomic E-state index is 5.36. The summed E-state index contributed by atoms with van der Waals surface area (Å²) in [7, 11) is 0. The molecule has 64 valence electrons. The molecule has 0 aliphatic heterocycles. The van der Waals surface area contributed by atoms with Gasteiger partial charge in [-0.25, -0.2) is 0 Å². The Hall–Kier alpha value is 0.430. The summed E-state index contributed by atoms with van der Waals surface area (Å²) in [6.45, 7) is 4.30. The first kappa shape index (κ1) is 16.8. The number of halogens is 2. The average molecular weight is 206 g/mol. The minimum Gasteiger partial charge on any atom is -0.486 e. The Labute approximate surface area is 79.3 Å². The van der Waals surface area contributed by atoms with Gasteiger partial charge >= 0.3 is 0 Å². The molecule has 0 aromatic heterocycles. The van der Waals surface area contributed by atoms with E-state index in [1.165, 1.54) is 0 Å². The molecule has 1 atom stereocenters. The molecule has 10 heavy (non-hydrogen) atoms. The zero-order valence-corrected chi connectivity index (χ0v) is 8.44. The van der Waals surface area contributed by atoms with Crippen LogP contribution in [0.4, 0.5) is 0 Å². The van der Waals surface area contributed by atoms with Gasteiger partial charge in [0.15, 0.2) is 5.05 Å². The lowest BCUT2D eigenvalue weighted by atomic mass is 10.4. The summed E-state index contributed by atoms with van der Waals surface area (Å²) in [5, 5.41) is 0.493. The summed E-state index contributed by atoms with van der Waals surface area (Å²) in [6.07, 6.45) is 0. The van der Waals surface area contributed by atoms with E-state index in [-0.39, 0.29) is 30.9 Å². The fourth-order valence-corrected chi connectivity index (χ4v) is 0.392. The summed E-state index contributed by atoms with van der Waals surface area (Å²) in [4.78, 5) is 0. The molecule has 0 aliphatic rings. The van der Waals surface area contributed by atoms with Crippen LogP contribution in [0.15, 0.2) is 0 Å². The van der Waals surface area contributed by atoms with Crippen LogP contribution < -0.4 is 5.73 Å². The molecule has 0 amide bonds. The van der Waals surface area contributed by atoms with Gasteiger partial charge < -0.3 is 10.5 Å². The molecule has 0 spiro atoms. The maximum atomic E-state index is 5.36. The van der Waals surface area contributed by atoms with Crippen molar-refractivity contribution in [3.63, 3.8) is 0 Å². The van der Waals surface area contributed by atoms with Crippen LogP contribution >= 0.6 is 37.0 Å². The van der Waals surface area contributed by atoms with Gasteiger partial charge in [-0.05, 0) is 26.1 Å². The second-order valence-electron chi connectivity index (χ2n) is 1.54. The van der Waals surface area contributed by atoms with Crippen molar-refractivity contribution < 1.29 is 4.74 Å². The van der Waals surface area contributed by atoms with Crippen LogP contribution in [0.25, 0.3) is 0 Å². The van der Waals surface area contributed by atoms with Crippen LogP contribution in [0.1, 0.15) is 13.8 Å². The van der Waals surface area contributed by atoms with Crippen molar-refractivity contribution in [2.24, 2.45) is 5.73 Å². The van der Waals surface area contributed by atoms with Crippen LogP contribution in [-0.2, 0) is 4.74 Å². The molecule has 0 aromatic carbocycles. The molecule has 0 rings (SSSR count). The number of thiocarbonyl (C=S) groups is 1. The molecule has 0 saturated carbocycles. The number of ether oxygens (including phenoxy) is 1. The minimum atomic E-state index is -0.120. The minimum absolute atomic E-state index is 0. The predicted octanol–water partition coefficient (Wildman–Crippen LogP) is 1.54. The Morgan fingerprint density at radius 1 is 1.60 bits per heavy atom. The van der Waals surface area contributed by atoms with Gasteiger partial charge in [0.2, 0.25) is 0 Å². The van der Waals surface area contributed by atoms with Gasteiger partial charge in [-0.15, -0.1) is 24.8 Å². The van der Waals surface area contributed by atoms with Gasteiger partial charge in [0.1, 0.15) is 0 Å². The number of nitrogens with two attached hydrogens (primary N) is 1. The lowest BCUT2D eigenvalue weighted by Crippen LogP contribution is -2.26. The van der Waals surface area contributed by atoms with Crippen molar-refractivity contribution in [2.75, 3.05) is 6.61 Å². The van der Waals surface area contributed by atoms with Crippen molar-refractivity contribution in [2.45, 2.75) is 19.9 Å². The molecule has 0 bridgehead atoms. The second kappa shape index (κ2) is 9.43. The monoisotopic (exact) mass is 205 g/mol. The van der Waals surface area contributed by atoms with E-state index in [2.05, 4.69) is 0 Å². The van der Waals surface area contributed by atoms with Gasteiger partial charge in [0.05, 0.1) is 12.6 Å². The molecule has 0 radical (unpaired) electrons. The molecule has 0 aromatic rings. The molecule has 2 nitrogen and oxygen atoms in total. The van der Waals surface area contributed by atoms with Crippen LogP contribution in [0, 0.1) is 0 Å². The Kier molecular flexibility index (Phi) is 15.8. The van der Waals surface area contributed by atoms with E-state index >= 15 is 0 Å². The van der Waals surface area contributed by atoms with Crippen molar-refractivity contribution in [1.29, 1.82) is 0 Å². The molecule has 0 aliphatic carbocycles. The van der Waals surface area contributed by atoms with Gasteiger partial charge in [-0.3, -0.25) is 0 Å². The Morgan fingerprint density at radius 3 is 2.10 bits per heavy atom. The molecular weight excluding hydrogens is 193 g/mol. The Morgan fingerprint density at radius 2 is 2.00 bits per heavy atom. The van der Waals surface area contributed by atoms with Gasteiger partial charge in [0.25, 0.3) is 0 Å². The van der Waals surface area contributed by atoms with E-state index in [9.17, 15) is 0 Å². The number of hydrogen-bond acceptors (Lipinski definition) is 3. The standard InChI is InChI=1S/C5H11NOS.2ClH/c1-3-7-5(8)4(2)6;;/h4H,3,6H2,1-2H3;2*1H/t4-;;/m0../s1. The highest BCUT2D eigenvalue weighted by Gasteiger charge is 1.99. The molecule has 0 heterocycles. The van der Waals surface area contributed by atoms with Crippen LogP contribution in [0.5, 0.6) is 0 Å². The first-order valence-electron chi connectivity index (χ1n) is 2.60. The largest absolute Gasteiger partial charge is 0.486 e. The molecule has 0 saturated heterocycles. The van der Waals surface area contributed by atoms with Crippen LogP contribution in [-0.4, -0.2) is 17.7 Å². The molecule has 2 N–H and O–H groups in total. The summed E-state index contributed by atoms with van der Waals surface area (Å²) >= 11 is 4.73. The third kappa shape index (κ3) is 8.43. The van der Waals surface area contributed by atoms with E-state index in [4.69, 9.17) is 22.7 Å². The van der Waals surface area contributed by atoms with Crippen molar-refractivity contribution >= 4 is 42.1 Å². The van der Waals surface area contributed by atoms with Crippen molar-refractivity contribution in [1.82, 2.24) is 0 Å². The highest BCUT2D eigenvalue weighted by molar-refractivity contribution is 7.80. The van der Waals surface area contributed by atoms with Crippen molar-refractivity contribution in [3.8, 4) is 0 Å². The van der Waals surface area contributed by atoms with E-state index in [1.807, 2.05) is 6.92 Å². The third-order valence-corrected chi connectivity index (χ3v) is 1.15. The zero-order chi connectivity index (χ0) is 6.57. The van der Waals surface area contributed by atoms with Crippen LogP contribution in [0.2, 0.25) is 0 Å². The smallest absolute Gasteiger partial charge is 0.176 e. The fourth-order valence-electron chi connectivity index (χ4n) is 0.274. The highest BCUT2D eigenvalue weighted by Crippen LogP contribution is 1.85. The normalized spacial score (nSPS) is 10.3. The van der Waals surface area contributed by atoms with Gasteiger partial charge in [-0.2, -0.15) is 0 Å². The Bertz CT molecular complexity index is 89.7. The van der Waals surface area contributed by atoms with Gasteiger partial charge in [-0.1, -0.05) is 0 Å². The lowest BCUT2D eigenvalue weighted by molar-refractivity contribution is 0.323. The van der Waals surface area contributed by atoms with E-state index in [1.54, 1.807) is 6.92 Å². The maximum Gasteiger partial charge on any atom is 0.176 e. The summed E-state index contributed by atoms with van der Waals surface area (Å²) in [5.41, 5.74) is 5.36. The zero-order valence-electron chi connectivity index (χ0n) is 5.99. The second-order valence-corrected chi connectivity index (χ2v) is 1.94. The summed E-state index contributed by atoms with van der Waals surface area (Å²) < 4.78 is 4.91. The van der Waals surface area contributed by atoms with E-state index in [0.29, 0.717) is 11.7 Å². The van der Waals surface area contributed by atoms with E-state index in [0.717, 1.165) is 0 Å². The van der Waals surface area contributed by atoms with Crippen LogP contribution in [0.3, 0.4) is 0 Å². The topological polar surface area (TPSA) is 35.2 Å². The number of hydrogen-bond donors (Lipinski definition) is 1. The quantitative estimate of drug-likeness (QED) is 0.696. The SMILES string of the molecule is CCOC(=S)[C@H](C)N.Cl.Cl. The average Bonchev–Trinajstić information content (AvgIpc) is 1.67. The summed E-state index contributed by atoms with van der Waals surface area (Å²) in [5.74, 6) is 0. The van der Waals surface area contributed by atoms with Gasteiger partial charge in [0, 0.05) is 0 Å². The fraction of sp³-hybridized carbons (Fsp3) is 0.800. The van der Waals surface area contributed by atoms with Crippen molar-refractivity contribution in [3.05, 3.63) is 0 Å². The third-order valence-electron chi connectivity index (χ3n) is 0.658. The Balaban J connectivity index is -0.000000245. The lowest BCUT2D eigenvalue weighted by Gasteiger charge is -2.06. The first-order valence-corrected chi connectivity index (χ1v) is 3.01. The highest BCUT2D eigenvalue weighted by atomic mass is 35.5.